The minimum Gasteiger partial charge on any atom is -0.488 e. The lowest BCUT2D eigenvalue weighted by atomic mass is 10.3. The van der Waals surface area contributed by atoms with Gasteiger partial charge in [0.1, 0.15) is 11.4 Å². The maximum Gasteiger partial charge on any atom is 0.172 e. The lowest BCUT2D eigenvalue weighted by Gasteiger charge is -2.07. The SMILES string of the molecule is NCc1ccc(OC2CC2)c(C=O)n1. The molecule has 0 aliphatic heterocycles. The van der Waals surface area contributed by atoms with Crippen LogP contribution in [0.2, 0.25) is 0 Å². The molecule has 1 aliphatic rings. The van der Waals surface area contributed by atoms with E-state index in [2.05, 4.69) is 4.98 Å². The fourth-order valence-electron chi connectivity index (χ4n) is 1.17. The van der Waals surface area contributed by atoms with Crippen LogP contribution in [0.3, 0.4) is 0 Å². The number of aldehydes is 1. The number of pyridine rings is 1. The Balaban J connectivity index is 2.23. The van der Waals surface area contributed by atoms with Gasteiger partial charge in [-0.1, -0.05) is 0 Å². The van der Waals surface area contributed by atoms with E-state index in [0.717, 1.165) is 12.8 Å². The van der Waals surface area contributed by atoms with Crippen LogP contribution >= 0.6 is 0 Å². The molecule has 0 aromatic carbocycles. The van der Waals surface area contributed by atoms with Crippen molar-refractivity contribution in [3.8, 4) is 5.75 Å². The highest BCUT2D eigenvalue weighted by Gasteiger charge is 2.24. The maximum absolute atomic E-state index is 10.7. The van der Waals surface area contributed by atoms with Crippen molar-refractivity contribution in [1.82, 2.24) is 4.98 Å². The Labute approximate surface area is 82.1 Å². The Hall–Kier alpha value is -1.42. The number of aromatic nitrogens is 1. The Kier molecular flexibility index (Phi) is 2.45. The normalized spacial score (nSPS) is 15.2. The molecule has 4 heteroatoms. The standard InChI is InChI=1S/C10H12N2O2/c11-5-7-1-4-10(9(6-13)12-7)14-8-2-3-8/h1,4,6,8H,2-3,5,11H2. The van der Waals surface area contributed by atoms with Gasteiger partial charge in [0, 0.05) is 6.54 Å². The number of nitrogens with two attached hydrogens (primary N) is 1. The molecule has 1 heterocycles. The first-order valence-corrected chi connectivity index (χ1v) is 4.65. The van der Waals surface area contributed by atoms with Gasteiger partial charge < -0.3 is 10.5 Å². The van der Waals surface area contributed by atoms with E-state index in [1.807, 2.05) is 0 Å². The summed E-state index contributed by atoms with van der Waals surface area (Å²) in [4.78, 5) is 14.8. The highest BCUT2D eigenvalue weighted by Crippen LogP contribution is 2.27. The fraction of sp³-hybridized carbons (Fsp3) is 0.400. The first kappa shape index (κ1) is 9.15. The Morgan fingerprint density at radius 1 is 1.57 bits per heavy atom. The van der Waals surface area contributed by atoms with Crippen LogP contribution in [0.15, 0.2) is 12.1 Å². The van der Waals surface area contributed by atoms with E-state index in [0.29, 0.717) is 30.0 Å². The number of carbonyl (C=O) groups excluding carboxylic acids is 1. The molecule has 0 unspecified atom stereocenters. The molecule has 1 aliphatic carbocycles. The van der Waals surface area contributed by atoms with Crippen LogP contribution in [-0.4, -0.2) is 17.4 Å². The maximum atomic E-state index is 10.7. The van der Waals surface area contributed by atoms with Crippen LogP contribution in [0.1, 0.15) is 29.0 Å². The molecule has 74 valence electrons. The van der Waals surface area contributed by atoms with Gasteiger partial charge in [0.25, 0.3) is 0 Å². The van der Waals surface area contributed by atoms with Crippen LogP contribution in [-0.2, 0) is 6.54 Å². The molecule has 0 amide bonds. The molecular formula is C10H12N2O2. The summed E-state index contributed by atoms with van der Waals surface area (Å²) in [5.74, 6) is 0.569. The summed E-state index contributed by atoms with van der Waals surface area (Å²) in [6.45, 7) is 0.338. The van der Waals surface area contributed by atoms with Gasteiger partial charge in [-0.3, -0.25) is 4.79 Å². The van der Waals surface area contributed by atoms with Crippen molar-refractivity contribution in [1.29, 1.82) is 0 Å². The Morgan fingerprint density at radius 3 is 2.93 bits per heavy atom. The lowest BCUT2D eigenvalue weighted by Crippen LogP contribution is -2.05. The predicted molar refractivity (Wildman–Crippen MR) is 51.2 cm³/mol. The van der Waals surface area contributed by atoms with E-state index in [1.165, 1.54) is 0 Å². The second-order valence-corrected chi connectivity index (χ2v) is 3.33. The van der Waals surface area contributed by atoms with Gasteiger partial charge in [0.05, 0.1) is 11.8 Å². The van der Waals surface area contributed by atoms with Crippen molar-refractivity contribution in [3.63, 3.8) is 0 Å². The third kappa shape index (κ3) is 1.90. The molecule has 0 spiro atoms. The second-order valence-electron chi connectivity index (χ2n) is 3.33. The third-order valence-corrected chi connectivity index (χ3v) is 2.08. The number of hydrogen-bond donors (Lipinski definition) is 1. The summed E-state index contributed by atoms with van der Waals surface area (Å²) in [5.41, 5.74) is 6.47. The van der Waals surface area contributed by atoms with E-state index < -0.39 is 0 Å². The van der Waals surface area contributed by atoms with Gasteiger partial charge in [0.15, 0.2) is 6.29 Å². The fourth-order valence-corrected chi connectivity index (χ4v) is 1.17. The highest BCUT2D eigenvalue weighted by molar-refractivity contribution is 5.76. The molecule has 1 saturated carbocycles. The summed E-state index contributed by atoms with van der Waals surface area (Å²) in [7, 11) is 0. The highest BCUT2D eigenvalue weighted by atomic mass is 16.5. The Morgan fingerprint density at radius 2 is 2.36 bits per heavy atom. The van der Waals surface area contributed by atoms with E-state index in [-0.39, 0.29) is 6.10 Å². The zero-order valence-electron chi connectivity index (χ0n) is 7.77. The average Bonchev–Trinajstić information content (AvgIpc) is 3.02. The van der Waals surface area contributed by atoms with Crippen molar-refractivity contribution in [3.05, 3.63) is 23.5 Å². The van der Waals surface area contributed by atoms with Gasteiger partial charge >= 0.3 is 0 Å². The second kappa shape index (κ2) is 3.75. The summed E-state index contributed by atoms with van der Waals surface area (Å²) >= 11 is 0. The topological polar surface area (TPSA) is 65.2 Å². The monoisotopic (exact) mass is 192 g/mol. The zero-order chi connectivity index (χ0) is 9.97. The molecular weight excluding hydrogens is 180 g/mol. The van der Waals surface area contributed by atoms with Crippen LogP contribution in [0.4, 0.5) is 0 Å². The van der Waals surface area contributed by atoms with E-state index >= 15 is 0 Å². The Bertz CT molecular complexity index is 348. The van der Waals surface area contributed by atoms with Crippen molar-refractivity contribution in [2.24, 2.45) is 5.73 Å². The lowest BCUT2D eigenvalue weighted by molar-refractivity contribution is 0.111. The van der Waals surface area contributed by atoms with Crippen molar-refractivity contribution in [2.45, 2.75) is 25.5 Å². The zero-order valence-corrected chi connectivity index (χ0v) is 7.77. The average molecular weight is 192 g/mol. The largest absolute Gasteiger partial charge is 0.488 e. The minimum absolute atomic E-state index is 0.277. The van der Waals surface area contributed by atoms with Crippen LogP contribution < -0.4 is 10.5 Å². The van der Waals surface area contributed by atoms with E-state index in [9.17, 15) is 4.79 Å². The van der Waals surface area contributed by atoms with Gasteiger partial charge in [-0.05, 0) is 25.0 Å². The van der Waals surface area contributed by atoms with Crippen molar-refractivity contribution in [2.75, 3.05) is 0 Å². The molecule has 2 N–H and O–H groups in total. The summed E-state index contributed by atoms with van der Waals surface area (Å²) < 4.78 is 5.51. The van der Waals surface area contributed by atoms with E-state index in [4.69, 9.17) is 10.5 Å². The minimum atomic E-state index is 0.277. The predicted octanol–water partition coefficient (Wildman–Crippen LogP) is 0.894. The van der Waals surface area contributed by atoms with Crippen LogP contribution in [0.25, 0.3) is 0 Å². The van der Waals surface area contributed by atoms with Crippen LogP contribution in [0, 0.1) is 0 Å². The van der Waals surface area contributed by atoms with E-state index in [1.54, 1.807) is 12.1 Å². The van der Waals surface area contributed by atoms with Gasteiger partial charge in [-0.25, -0.2) is 4.98 Å². The quantitative estimate of drug-likeness (QED) is 0.719. The molecule has 1 aromatic rings. The van der Waals surface area contributed by atoms with Gasteiger partial charge in [0.2, 0.25) is 0 Å². The first-order valence-electron chi connectivity index (χ1n) is 4.65. The molecule has 0 saturated heterocycles. The van der Waals surface area contributed by atoms with Crippen molar-refractivity contribution < 1.29 is 9.53 Å². The van der Waals surface area contributed by atoms with Crippen LogP contribution in [0.5, 0.6) is 5.75 Å². The smallest absolute Gasteiger partial charge is 0.172 e. The molecule has 2 rings (SSSR count). The molecule has 14 heavy (non-hydrogen) atoms. The number of hydrogen-bond acceptors (Lipinski definition) is 4. The van der Waals surface area contributed by atoms with Gasteiger partial charge in [-0.2, -0.15) is 0 Å². The molecule has 0 bridgehead atoms. The number of carbonyl (C=O) groups is 1. The first-order chi connectivity index (χ1) is 6.83. The summed E-state index contributed by atoms with van der Waals surface area (Å²) in [5, 5.41) is 0. The number of ether oxygens (including phenoxy) is 1. The molecule has 0 radical (unpaired) electrons. The van der Waals surface area contributed by atoms with Crippen molar-refractivity contribution >= 4 is 6.29 Å². The molecule has 1 fully saturated rings. The van der Waals surface area contributed by atoms with Gasteiger partial charge in [-0.15, -0.1) is 0 Å². The molecule has 1 aromatic heterocycles. The molecule has 4 nitrogen and oxygen atoms in total. The summed E-state index contributed by atoms with van der Waals surface area (Å²) in [6.07, 6.45) is 3.12. The molecule has 0 atom stereocenters. The number of nitrogens with zero attached hydrogens (tertiary/aromatic N) is 1. The number of rotatable bonds is 4. The summed E-state index contributed by atoms with van der Waals surface area (Å²) in [6, 6.07) is 3.54. The third-order valence-electron chi connectivity index (χ3n) is 2.08.